The van der Waals surface area contributed by atoms with Crippen molar-refractivity contribution in [2.24, 2.45) is 0 Å². The first-order chi connectivity index (χ1) is 16.3. The summed E-state index contributed by atoms with van der Waals surface area (Å²) in [5.41, 5.74) is 2.51. The molecule has 2 N–H and O–H groups in total. The van der Waals surface area contributed by atoms with Crippen LogP contribution in [-0.2, 0) is 10.0 Å². The number of ether oxygens (including phenoxy) is 2. The van der Waals surface area contributed by atoms with Crippen molar-refractivity contribution in [2.45, 2.75) is 4.90 Å². The highest BCUT2D eigenvalue weighted by Gasteiger charge is 2.20. The van der Waals surface area contributed by atoms with Gasteiger partial charge in [-0.05, 0) is 30.3 Å². The van der Waals surface area contributed by atoms with Gasteiger partial charge in [-0.15, -0.1) is 0 Å². The number of anilines is 4. The highest BCUT2D eigenvalue weighted by Crippen LogP contribution is 2.31. The monoisotopic (exact) mass is 479 g/mol. The SMILES string of the molecule is COc1cc(Nc2nc3ccccc3nc2NS(=O)(=O)c2cccc(N(C)C)c2)cc(OC)c1. The average molecular weight is 480 g/mol. The molecule has 0 atom stereocenters. The molecule has 0 radical (unpaired) electrons. The van der Waals surface area contributed by atoms with Gasteiger partial charge in [0.15, 0.2) is 11.6 Å². The number of benzene rings is 3. The summed E-state index contributed by atoms with van der Waals surface area (Å²) in [5.74, 6) is 1.44. The number of para-hydroxylation sites is 2. The normalized spacial score (nSPS) is 11.2. The summed E-state index contributed by atoms with van der Waals surface area (Å²) in [6.07, 6.45) is 0. The molecule has 9 nitrogen and oxygen atoms in total. The van der Waals surface area contributed by atoms with Crippen LogP contribution in [0.1, 0.15) is 0 Å². The summed E-state index contributed by atoms with van der Waals surface area (Å²) in [7, 11) is 2.85. The van der Waals surface area contributed by atoms with E-state index in [2.05, 4.69) is 20.0 Å². The fourth-order valence-electron chi connectivity index (χ4n) is 3.29. The van der Waals surface area contributed by atoms with Gasteiger partial charge in [-0.2, -0.15) is 0 Å². The fraction of sp³-hybridized carbons (Fsp3) is 0.167. The maximum absolute atomic E-state index is 13.3. The number of hydrogen-bond donors (Lipinski definition) is 2. The molecule has 1 aromatic heterocycles. The standard InChI is InChI=1S/C24H25N5O4S/c1-29(2)17-8-7-9-20(14-17)34(30,31)28-24-23(26-21-10-5-6-11-22(21)27-24)25-16-12-18(32-3)15-19(13-16)33-4/h5-15H,1-4H3,(H,25,26)(H,27,28). The molecule has 0 amide bonds. The minimum absolute atomic E-state index is 0.0655. The minimum Gasteiger partial charge on any atom is -0.497 e. The quantitative estimate of drug-likeness (QED) is 0.386. The molecular weight excluding hydrogens is 454 g/mol. The van der Waals surface area contributed by atoms with E-state index in [9.17, 15) is 8.42 Å². The van der Waals surface area contributed by atoms with Crippen LogP contribution >= 0.6 is 0 Å². The van der Waals surface area contributed by atoms with Gasteiger partial charge in [0.25, 0.3) is 10.0 Å². The topological polar surface area (TPSA) is 106 Å². The van der Waals surface area contributed by atoms with E-state index in [1.165, 1.54) is 6.07 Å². The van der Waals surface area contributed by atoms with Gasteiger partial charge in [0.2, 0.25) is 0 Å². The van der Waals surface area contributed by atoms with Crippen molar-refractivity contribution in [3.8, 4) is 11.5 Å². The molecule has 0 saturated carbocycles. The zero-order valence-corrected chi connectivity index (χ0v) is 20.1. The number of aromatic nitrogens is 2. The third kappa shape index (κ3) is 4.96. The molecule has 4 rings (SSSR count). The predicted octanol–water partition coefficient (Wildman–Crippen LogP) is 4.26. The first-order valence-corrected chi connectivity index (χ1v) is 11.8. The molecule has 0 bridgehead atoms. The second kappa shape index (κ2) is 9.44. The van der Waals surface area contributed by atoms with E-state index in [1.807, 2.05) is 37.2 Å². The zero-order valence-electron chi connectivity index (χ0n) is 19.2. The van der Waals surface area contributed by atoms with Crippen LogP contribution in [0.15, 0.2) is 71.6 Å². The Morgan fingerprint density at radius 1 is 0.794 bits per heavy atom. The average Bonchev–Trinajstić information content (AvgIpc) is 2.84. The van der Waals surface area contributed by atoms with Gasteiger partial charge >= 0.3 is 0 Å². The number of methoxy groups -OCH3 is 2. The number of rotatable bonds is 8. The molecule has 0 aliphatic rings. The first-order valence-electron chi connectivity index (χ1n) is 10.4. The third-order valence-corrected chi connectivity index (χ3v) is 6.40. The van der Waals surface area contributed by atoms with Crippen LogP contribution in [-0.4, -0.2) is 46.7 Å². The van der Waals surface area contributed by atoms with E-state index in [-0.39, 0.29) is 16.5 Å². The van der Waals surface area contributed by atoms with Gasteiger partial charge in [-0.3, -0.25) is 4.72 Å². The maximum atomic E-state index is 13.3. The molecular formula is C24H25N5O4S. The Balaban J connectivity index is 1.78. The Bertz CT molecular complexity index is 1420. The van der Waals surface area contributed by atoms with Crippen molar-refractivity contribution in [3.05, 3.63) is 66.7 Å². The highest BCUT2D eigenvalue weighted by molar-refractivity contribution is 7.92. The maximum Gasteiger partial charge on any atom is 0.263 e. The molecule has 0 fully saturated rings. The molecule has 10 heteroatoms. The van der Waals surface area contributed by atoms with Crippen LogP contribution in [0, 0.1) is 0 Å². The van der Waals surface area contributed by atoms with E-state index >= 15 is 0 Å². The van der Waals surface area contributed by atoms with Gasteiger partial charge < -0.3 is 19.7 Å². The predicted molar refractivity (Wildman–Crippen MR) is 134 cm³/mol. The van der Waals surface area contributed by atoms with Gasteiger partial charge in [-0.1, -0.05) is 18.2 Å². The van der Waals surface area contributed by atoms with Crippen molar-refractivity contribution in [3.63, 3.8) is 0 Å². The molecule has 0 saturated heterocycles. The van der Waals surface area contributed by atoms with Gasteiger partial charge in [0.05, 0.1) is 30.1 Å². The summed E-state index contributed by atoms with van der Waals surface area (Å²) in [6, 6.07) is 19.1. The Morgan fingerprint density at radius 2 is 1.41 bits per heavy atom. The largest absolute Gasteiger partial charge is 0.497 e. The summed E-state index contributed by atoms with van der Waals surface area (Å²) >= 11 is 0. The third-order valence-electron chi connectivity index (χ3n) is 5.06. The summed E-state index contributed by atoms with van der Waals surface area (Å²) < 4.78 is 39.8. The molecule has 34 heavy (non-hydrogen) atoms. The van der Waals surface area contributed by atoms with Gasteiger partial charge in [0.1, 0.15) is 11.5 Å². The smallest absolute Gasteiger partial charge is 0.263 e. The molecule has 176 valence electrons. The number of hydrogen-bond acceptors (Lipinski definition) is 8. The van der Waals surface area contributed by atoms with Gasteiger partial charge in [-0.25, -0.2) is 18.4 Å². The van der Waals surface area contributed by atoms with E-state index in [0.717, 1.165) is 5.69 Å². The van der Waals surface area contributed by atoms with Crippen LogP contribution in [0.2, 0.25) is 0 Å². The number of sulfonamides is 1. The molecule has 0 aliphatic carbocycles. The second-order valence-electron chi connectivity index (χ2n) is 7.63. The lowest BCUT2D eigenvalue weighted by molar-refractivity contribution is 0.395. The van der Waals surface area contributed by atoms with Crippen LogP contribution in [0.3, 0.4) is 0 Å². The molecule has 3 aromatic carbocycles. The van der Waals surface area contributed by atoms with Crippen LogP contribution in [0.4, 0.5) is 23.0 Å². The number of nitrogens with one attached hydrogen (secondary N) is 2. The summed E-state index contributed by atoms with van der Waals surface area (Å²) in [6.45, 7) is 0. The van der Waals surface area contributed by atoms with Crippen LogP contribution in [0.5, 0.6) is 11.5 Å². The lowest BCUT2D eigenvalue weighted by atomic mass is 10.2. The van der Waals surface area contributed by atoms with E-state index in [4.69, 9.17) is 9.47 Å². The van der Waals surface area contributed by atoms with E-state index < -0.39 is 10.0 Å². The van der Waals surface area contributed by atoms with Crippen molar-refractivity contribution >= 4 is 44.1 Å². The zero-order chi connectivity index (χ0) is 24.3. The lowest BCUT2D eigenvalue weighted by Gasteiger charge is -2.16. The second-order valence-corrected chi connectivity index (χ2v) is 9.32. The Kier molecular flexibility index (Phi) is 6.42. The molecule has 0 spiro atoms. The van der Waals surface area contributed by atoms with E-state index in [0.29, 0.717) is 28.2 Å². The van der Waals surface area contributed by atoms with Gasteiger partial charge in [0, 0.05) is 43.7 Å². The Morgan fingerprint density at radius 3 is 2.00 bits per heavy atom. The molecule has 0 aliphatic heterocycles. The van der Waals surface area contributed by atoms with Crippen molar-refractivity contribution in [1.82, 2.24) is 9.97 Å². The molecule has 0 unspecified atom stereocenters. The molecule has 4 aromatic rings. The first kappa shape index (κ1) is 23.1. The summed E-state index contributed by atoms with van der Waals surface area (Å²) in [4.78, 5) is 11.1. The Labute approximate surface area is 198 Å². The van der Waals surface area contributed by atoms with Crippen molar-refractivity contribution < 1.29 is 17.9 Å². The minimum atomic E-state index is -3.95. The number of nitrogens with zero attached hydrogens (tertiary/aromatic N) is 3. The lowest BCUT2D eigenvalue weighted by Crippen LogP contribution is -2.17. The number of fused-ring (bicyclic) bond motifs is 1. The van der Waals surface area contributed by atoms with Crippen LogP contribution in [0.25, 0.3) is 11.0 Å². The fourth-order valence-corrected chi connectivity index (χ4v) is 4.34. The van der Waals surface area contributed by atoms with E-state index in [1.54, 1.807) is 56.7 Å². The summed E-state index contributed by atoms with van der Waals surface area (Å²) in [5, 5.41) is 3.15. The van der Waals surface area contributed by atoms with Crippen molar-refractivity contribution in [1.29, 1.82) is 0 Å². The highest BCUT2D eigenvalue weighted by atomic mass is 32.2. The van der Waals surface area contributed by atoms with Crippen molar-refractivity contribution in [2.75, 3.05) is 43.3 Å². The Hall–Kier alpha value is -4.05. The van der Waals surface area contributed by atoms with Crippen LogP contribution < -0.4 is 24.4 Å². The molecule has 1 heterocycles.